The minimum absolute atomic E-state index is 0.231. The Bertz CT molecular complexity index is 520. The van der Waals surface area contributed by atoms with Gasteiger partial charge in [0.15, 0.2) is 5.82 Å². The summed E-state index contributed by atoms with van der Waals surface area (Å²) in [5, 5.41) is 4.03. The number of hydrogen-bond donors (Lipinski definition) is 1. The highest BCUT2D eigenvalue weighted by Crippen LogP contribution is 2.12. The lowest BCUT2D eigenvalue weighted by Gasteiger charge is -2.01. The monoisotopic (exact) mass is 259 g/mol. The van der Waals surface area contributed by atoms with Crippen molar-refractivity contribution in [2.24, 2.45) is 5.73 Å². The Morgan fingerprint density at radius 2 is 2.11 bits per heavy atom. The first-order chi connectivity index (χ1) is 9.15. The molecule has 0 radical (unpaired) electrons. The van der Waals surface area contributed by atoms with Crippen molar-refractivity contribution in [2.45, 2.75) is 45.6 Å². The van der Waals surface area contributed by atoms with Crippen molar-refractivity contribution in [2.75, 3.05) is 0 Å². The maximum atomic E-state index is 5.71. The fourth-order valence-corrected chi connectivity index (χ4v) is 2.02. The van der Waals surface area contributed by atoms with Crippen molar-refractivity contribution >= 4 is 0 Å². The second-order valence-electron chi connectivity index (χ2n) is 5.08. The summed E-state index contributed by atoms with van der Waals surface area (Å²) in [6, 6.07) is 8.50. The summed E-state index contributed by atoms with van der Waals surface area (Å²) in [7, 11) is 0. The van der Waals surface area contributed by atoms with Crippen molar-refractivity contribution in [3.8, 4) is 0 Å². The van der Waals surface area contributed by atoms with Gasteiger partial charge in [0.25, 0.3) is 0 Å². The molecule has 0 aliphatic carbocycles. The lowest BCUT2D eigenvalue weighted by Crippen LogP contribution is -2.14. The Morgan fingerprint density at radius 1 is 1.32 bits per heavy atom. The molecule has 0 bridgehead atoms. The Labute approximate surface area is 114 Å². The molecule has 19 heavy (non-hydrogen) atoms. The summed E-state index contributed by atoms with van der Waals surface area (Å²) in [5.74, 6) is 1.47. The van der Waals surface area contributed by atoms with Gasteiger partial charge in [-0.25, -0.2) is 0 Å². The van der Waals surface area contributed by atoms with E-state index in [4.69, 9.17) is 10.3 Å². The largest absolute Gasteiger partial charge is 0.339 e. The van der Waals surface area contributed by atoms with Gasteiger partial charge < -0.3 is 10.3 Å². The van der Waals surface area contributed by atoms with Crippen molar-refractivity contribution in [3.05, 3.63) is 47.1 Å². The van der Waals surface area contributed by atoms with Gasteiger partial charge >= 0.3 is 0 Å². The van der Waals surface area contributed by atoms with Crippen LogP contribution in [0.25, 0.3) is 0 Å². The SMILES string of the molecule is Cc1ccccc1Cc1noc(CCCC(C)N)n1. The van der Waals surface area contributed by atoms with Gasteiger partial charge in [-0.15, -0.1) is 0 Å². The molecule has 0 aliphatic rings. The number of rotatable bonds is 6. The number of nitrogens with two attached hydrogens (primary N) is 1. The highest BCUT2D eigenvalue weighted by Gasteiger charge is 2.08. The van der Waals surface area contributed by atoms with Crippen LogP contribution in [0.4, 0.5) is 0 Å². The van der Waals surface area contributed by atoms with Gasteiger partial charge in [-0.05, 0) is 37.8 Å². The van der Waals surface area contributed by atoms with Crippen LogP contribution in [0.2, 0.25) is 0 Å². The molecule has 4 heteroatoms. The summed E-state index contributed by atoms with van der Waals surface area (Å²) in [5.41, 5.74) is 8.21. The molecule has 0 fully saturated rings. The molecular weight excluding hydrogens is 238 g/mol. The first kappa shape index (κ1) is 13.7. The van der Waals surface area contributed by atoms with E-state index in [1.54, 1.807) is 0 Å². The molecule has 1 heterocycles. The molecule has 1 atom stereocenters. The van der Waals surface area contributed by atoms with Crippen LogP contribution in [0.15, 0.2) is 28.8 Å². The molecule has 2 rings (SSSR count). The average Bonchev–Trinajstić information content (AvgIpc) is 2.79. The summed E-state index contributed by atoms with van der Waals surface area (Å²) in [6.07, 6.45) is 3.50. The van der Waals surface area contributed by atoms with Crippen LogP contribution in [-0.4, -0.2) is 16.2 Å². The third-order valence-corrected chi connectivity index (χ3v) is 3.17. The zero-order valence-electron chi connectivity index (χ0n) is 11.6. The van der Waals surface area contributed by atoms with Gasteiger partial charge in [-0.2, -0.15) is 4.98 Å². The molecule has 1 aromatic heterocycles. The Kier molecular flexibility index (Phi) is 4.68. The van der Waals surface area contributed by atoms with E-state index in [0.717, 1.165) is 31.5 Å². The number of hydrogen-bond acceptors (Lipinski definition) is 4. The zero-order chi connectivity index (χ0) is 13.7. The standard InChI is InChI=1S/C15H21N3O/c1-11-6-3-4-8-13(11)10-14-17-15(19-18-14)9-5-7-12(2)16/h3-4,6,8,12H,5,7,9-10,16H2,1-2H3. The first-order valence-corrected chi connectivity index (χ1v) is 6.76. The predicted molar refractivity (Wildman–Crippen MR) is 74.9 cm³/mol. The number of aryl methyl sites for hydroxylation is 2. The Morgan fingerprint density at radius 3 is 2.84 bits per heavy atom. The molecule has 0 saturated heterocycles. The van der Waals surface area contributed by atoms with Crippen LogP contribution in [-0.2, 0) is 12.8 Å². The van der Waals surface area contributed by atoms with Crippen LogP contribution in [0, 0.1) is 6.92 Å². The van der Waals surface area contributed by atoms with E-state index in [9.17, 15) is 0 Å². The highest BCUT2D eigenvalue weighted by molar-refractivity contribution is 5.27. The van der Waals surface area contributed by atoms with Gasteiger partial charge in [-0.3, -0.25) is 0 Å². The van der Waals surface area contributed by atoms with Crippen LogP contribution >= 0.6 is 0 Å². The molecule has 1 aromatic carbocycles. The van der Waals surface area contributed by atoms with E-state index in [0.29, 0.717) is 5.89 Å². The van der Waals surface area contributed by atoms with E-state index in [-0.39, 0.29) is 6.04 Å². The normalized spacial score (nSPS) is 12.6. The minimum Gasteiger partial charge on any atom is -0.339 e. The fourth-order valence-electron chi connectivity index (χ4n) is 2.02. The number of nitrogens with zero attached hydrogens (tertiary/aromatic N) is 2. The van der Waals surface area contributed by atoms with Crippen molar-refractivity contribution in [1.29, 1.82) is 0 Å². The fraction of sp³-hybridized carbons (Fsp3) is 0.467. The molecule has 102 valence electrons. The highest BCUT2D eigenvalue weighted by atomic mass is 16.5. The molecule has 2 aromatic rings. The van der Waals surface area contributed by atoms with Gasteiger partial charge in [0.1, 0.15) is 0 Å². The minimum atomic E-state index is 0.231. The maximum Gasteiger partial charge on any atom is 0.226 e. The summed E-state index contributed by atoms with van der Waals surface area (Å²) in [6.45, 7) is 4.11. The van der Waals surface area contributed by atoms with Gasteiger partial charge in [0.2, 0.25) is 5.89 Å². The number of aromatic nitrogens is 2. The lowest BCUT2D eigenvalue weighted by atomic mass is 10.1. The molecule has 0 amide bonds. The van der Waals surface area contributed by atoms with Crippen LogP contribution in [0.5, 0.6) is 0 Å². The Balaban J connectivity index is 1.92. The molecule has 4 nitrogen and oxygen atoms in total. The van der Waals surface area contributed by atoms with E-state index in [1.807, 2.05) is 19.1 Å². The van der Waals surface area contributed by atoms with Crippen LogP contribution < -0.4 is 5.73 Å². The molecular formula is C15H21N3O. The predicted octanol–water partition coefficient (Wildman–Crippen LogP) is 2.64. The molecule has 0 aliphatic heterocycles. The van der Waals surface area contributed by atoms with Gasteiger partial charge in [0.05, 0.1) is 0 Å². The van der Waals surface area contributed by atoms with Crippen LogP contribution in [0.1, 0.15) is 42.6 Å². The number of benzene rings is 1. The molecule has 2 N–H and O–H groups in total. The molecule has 0 spiro atoms. The van der Waals surface area contributed by atoms with Crippen LogP contribution in [0.3, 0.4) is 0 Å². The first-order valence-electron chi connectivity index (χ1n) is 6.76. The second kappa shape index (κ2) is 6.48. The quantitative estimate of drug-likeness (QED) is 0.866. The summed E-state index contributed by atoms with van der Waals surface area (Å²) >= 11 is 0. The van der Waals surface area contributed by atoms with Gasteiger partial charge in [-0.1, -0.05) is 29.4 Å². The third-order valence-electron chi connectivity index (χ3n) is 3.17. The van der Waals surface area contributed by atoms with Crippen molar-refractivity contribution < 1.29 is 4.52 Å². The van der Waals surface area contributed by atoms with Crippen molar-refractivity contribution in [3.63, 3.8) is 0 Å². The maximum absolute atomic E-state index is 5.71. The summed E-state index contributed by atoms with van der Waals surface area (Å²) < 4.78 is 5.26. The van der Waals surface area contributed by atoms with E-state index < -0.39 is 0 Å². The second-order valence-corrected chi connectivity index (χ2v) is 5.08. The lowest BCUT2D eigenvalue weighted by molar-refractivity contribution is 0.368. The summed E-state index contributed by atoms with van der Waals surface area (Å²) in [4.78, 5) is 4.42. The Hall–Kier alpha value is -1.68. The van der Waals surface area contributed by atoms with Crippen molar-refractivity contribution in [1.82, 2.24) is 10.1 Å². The third kappa shape index (κ3) is 4.17. The van der Waals surface area contributed by atoms with E-state index >= 15 is 0 Å². The van der Waals surface area contributed by atoms with E-state index in [2.05, 4.69) is 29.2 Å². The topological polar surface area (TPSA) is 64.9 Å². The molecule has 1 unspecified atom stereocenters. The zero-order valence-corrected chi connectivity index (χ0v) is 11.6. The smallest absolute Gasteiger partial charge is 0.226 e. The average molecular weight is 259 g/mol. The molecule has 0 saturated carbocycles. The van der Waals surface area contributed by atoms with E-state index in [1.165, 1.54) is 11.1 Å². The van der Waals surface area contributed by atoms with Gasteiger partial charge in [0, 0.05) is 18.9 Å².